The van der Waals surface area contributed by atoms with Crippen molar-refractivity contribution in [1.29, 1.82) is 0 Å². The Morgan fingerprint density at radius 2 is 2.07 bits per heavy atom. The van der Waals surface area contributed by atoms with Crippen LogP contribution in [0.1, 0.15) is 10.4 Å². The van der Waals surface area contributed by atoms with E-state index in [0.717, 1.165) is 0 Å². The maximum absolute atomic E-state index is 11.5. The number of nitrogen functional groups attached to an aromatic ring is 1. The van der Waals surface area contributed by atoms with E-state index in [4.69, 9.17) is 5.73 Å². The van der Waals surface area contributed by atoms with Crippen molar-refractivity contribution < 1.29 is 14.1 Å². The van der Waals surface area contributed by atoms with Crippen LogP contribution in [0.4, 0.5) is 5.69 Å². The second-order valence-electron chi connectivity index (χ2n) is 2.76. The molecular formula is C9H11N2O3P. The van der Waals surface area contributed by atoms with E-state index in [-0.39, 0.29) is 6.54 Å². The minimum atomic E-state index is -0.539. The smallest absolute Gasteiger partial charge is 0.327 e. The van der Waals surface area contributed by atoms with E-state index in [1.165, 1.54) is 0 Å². The van der Waals surface area contributed by atoms with E-state index >= 15 is 0 Å². The second-order valence-corrected chi connectivity index (χ2v) is 3.00. The van der Waals surface area contributed by atoms with Crippen molar-refractivity contribution in [3.05, 3.63) is 29.8 Å². The lowest BCUT2D eigenvalue weighted by Gasteiger charge is -2.05. The Morgan fingerprint density at radius 1 is 1.40 bits per heavy atom. The summed E-state index contributed by atoms with van der Waals surface area (Å²) in [5.41, 5.74) is 6.29. The molecule has 1 unspecified atom stereocenters. The van der Waals surface area contributed by atoms with Crippen LogP contribution in [-0.2, 0) is 9.32 Å². The quantitative estimate of drug-likeness (QED) is 0.575. The molecule has 0 radical (unpaired) electrons. The van der Waals surface area contributed by atoms with E-state index in [0.29, 0.717) is 11.3 Å². The van der Waals surface area contributed by atoms with Gasteiger partial charge in [0.1, 0.15) is 6.54 Å². The highest BCUT2D eigenvalue weighted by atomic mass is 31.0. The second kappa shape index (κ2) is 5.32. The first-order chi connectivity index (χ1) is 7.15. The van der Waals surface area contributed by atoms with Gasteiger partial charge in [0.2, 0.25) is 0 Å². The van der Waals surface area contributed by atoms with Gasteiger partial charge < -0.3 is 15.6 Å². The maximum Gasteiger partial charge on any atom is 0.327 e. The van der Waals surface area contributed by atoms with Crippen LogP contribution in [0.2, 0.25) is 0 Å². The number of hydrogen-bond acceptors (Lipinski definition) is 4. The molecule has 0 bridgehead atoms. The fourth-order valence-electron chi connectivity index (χ4n) is 0.993. The minimum Gasteiger partial charge on any atom is -0.450 e. The number of hydrogen-bond donors (Lipinski definition) is 2. The molecule has 1 aromatic carbocycles. The van der Waals surface area contributed by atoms with Crippen LogP contribution in [0.25, 0.3) is 0 Å². The highest BCUT2D eigenvalue weighted by Crippen LogP contribution is 2.09. The van der Waals surface area contributed by atoms with Gasteiger partial charge in [0.25, 0.3) is 5.91 Å². The Morgan fingerprint density at radius 3 is 2.67 bits per heavy atom. The van der Waals surface area contributed by atoms with Gasteiger partial charge in [0, 0.05) is 5.69 Å². The summed E-state index contributed by atoms with van der Waals surface area (Å²) in [5.74, 6) is -0.939. The molecule has 5 nitrogen and oxygen atoms in total. The van der Waals surface area contributed by atoms with Gasteiger partial charge >= 0.3 is 5.97 Å². The monoisotopic (exact) mass is 226 g/mol. The summed E-state index contributed by atoms with van der Waals surface area (Å²) in [4.78, 5) is 22.2. The van der Waals surface area contributed by atoms with Crippen LogP contribution in [0, 0.1) is 0 Å². The SMILES string of the molecule is Nc1ccccc1C(=O)NCC(=O)OP. The molecule has 1 rings (SSSR count). The van der Waals surface area contributed by atoms with E-state index in [1.54, 1.807) is 24.3 Å². The molecule has 1 aromatic rings. The van der Waals surface area contributed by atoms with Gasteiger partial charge in [-0.2, -0.15) is 0 Å². The van der Waals surface area contributed by atoms with E-state index in [1.807, 2.05) is 9.47 Å². The predicted molar refractivity (Wildman–Crippen MR) is 59.0 cm³/mol. The lowest BCUT2D eigenvalue weighted by atomic mass is 10.2. The predicted octanol–water partition coefficient (Wildman–Crippen LogP) is 0.332. The van der Waals surface area contributed by atoms with Gasteiger partial charge in [-0.05, 0) is 12.1 Å². The molecule has 3 N–H and O–H groups in total. The molecule has 0 saturated carbocycles. The third kappa shape index (κ3) is 3.22. The summed E-state index contributed by atoms with van der Waals surface area (Å²) >= 11 is 0. The number of nitrogens with one attached hydrogen (secondary N) is 1. The Kier molecular flexibility index (Phi) is 4.06. The van der Waals surface area contributed by atoms with Crippen LogP contribution in [0.15, 0.2) is 24.3 Å². The molecule has 0 aliphatic rings. The van der Waals surface area contributed by atoms with Crippen LogP contribution < -0.4 is 11.1 Å². The number of amides is 1. The summed E-state index contributed by atoms with van der Waals surface area (Å²) in [6, 6.07) is 6.61. The minimum absolute atomic E-state index is 0.184. The lowest BCUT2D eigenvalue weighted by Crippen LogP contribution is -2.30. The average molecular weight is 226 g/mol. The van der Waals surface area contributed by atoms with Crippen molar-refractivity contribution in [2.24, 2.45) is 0 Å². The molecule has 0 aliphatic heterocycles. The summed E-state index contributed by atoms with van der Waals surface area (Å²) in [6.07, 6.45) is 0. The summed E-state index contributed by atoms with van der Waals surface area (Å²) in [6.45, 7) is -0.184. The number of anilines is 1. The Hall–Kier alpha value is -1.61. The van der Waals surface area contributed by atoms with Crippen molar-refractivity contribution in [2.75, 3.05) is 12.3 Å². The van der Waals surface area contributed by atoms with Gasteiger partial charge in [-0.15, -0.1) is 0 Å². The van der Waals surface area contributed by atoms with Gasteiger partial charge in [-0.3, -0.25) is 4.79 Å². The standard InChI is InChI=1S/C9H11N2O3P/c10-7-4-2-1-3-6(7)9(13)11-5-8(12)14-15/h1-4H,5,10,15H2,(H,11,13). The summed E-state index contributed by atoms with van der Waals surface area (Å²) < 4.78 is 4.30. The molecule has 1 atom stereocenters. The maximum atomic E-state index is 11.5. The molecular weight excluding hydrogens is 215 g/mol. The number of carbonyl (C=O) groups excluding carboxylic acids is 2. The molecule has 0 saturated heterocycles. The molecule has 6 heteroatoms. The van der Waals surface area contributed by atoms with Gasteiger partial charge in [-0.25, -0.2) is 4.79 Å². The third-order valence-electron chi connectivity index (χ3n) is 1.73. The molecule has 15 heavy (non-hydrogen) atoms. The zero-order valence-corrected chi connectivity index (χ0v) is 9.05. The first kappa shape index (κ1) is 11.5. The lowest BCUT2D eigenvalue weighted by molar-refractivity contribution is -0.132. The van der Waals surface area contributed by atoms with Crippen LogP contribution in [0.3, 0.4) is 0 Å². The van der Waals surface area contributed by atoms with E-state index in [2.05, 4.69) is 9.84 Å². The Bertz CT molecular complexity index is 381. The number of nitrogens with two attached hydrogens (primary N) is 1. The highest BCUT2D eigenvalue weighted by molar-refractivity contribution is 7.10. The van der Waals surface area contributed by atoms with Crippen LogP contribution in [0.5, 0.6) is 0 Å². The van der Waals surface area contributed by atoms with Crippen molar-refractivity contribution in [2.45, 2.75) is 0 Å². The molecule has 0 fully saturated rings. The van der Waals surface area contributed by atoms with E-state index in [9.17, 15) is 9.59 Å². The van der Waals surface area contributed by atoms with Gasteiger partial charge in [0.05, 0.1) is 15.0 Å². The Labute approximate surface area is 89.3 Å². The zero-order chi connectivity index (χ0) is 11.3. The van der Waals surface area contributed by atoms with Gasteiger partial charge in [-0.1, -0.05) is 12.1 Å². The van der Waals surface area contributed by atoms with Crippen molar-refractivity contribution in [3.63, 3.8) is 0 Å². The molecule has 1 amide bonds. The molecule has 80 valence electrons. The third-order valence-corrected chi connectivity index (χ3v) is 1.99. The number of carbonyl (C=O) groups is 2. The first-order valence-electron chi connectivity index (χ1n) is 4.17. The number of para-hydroxylation sites is 1. The first-order valence-corrected chi connectivity index (χ1v) is 4.64. The van der Waals surface area contributed by atoms with E-state index < -0.39 is 11.9 Å². The van der Waals surface area contributed by atoms with Gasteiger partial charge in [0.15, 0.2) is 0 Å². The Balaban J connectivity index is 2.62. The topological polar surface area (TPSA) is 81.4 Å². The normalized spacial score (nSPS) is 9.40. The average Bonchev–Trinajstić information content (AvgIpc) is 2.26. The number of rotatable bonds is 3. The fourth-order valence-corrected chi connectivity index (χ4v) is 1.08. The van der Waals surface area contributed by atoms with Crippen molar-refractivity contribution >= 4 is 27.0 Å². The fraction of sp³-hybridized carbons (Fsp3) is 0.111. The van der Waals surface area contributed by atoms with Crippen LogP contribution >= 0.6 is 9.47 Å². The molecule has 0 spiro atoms. The summed E-state index contributed by atoms with van der Waals surface area (Å²) in [5, 5.41) is 2.38. The van der Waals surface area contributed by atoms with Crippen LogP contribution in [-0.4, -0.2) is 18.4 Å². The van der Waals surface area contributed by atoms with Crippen molar-refractivity contribution in [1.82, 2.24) is 5.32 Å². The molecule has 0 aromatic heterocycles. The largest absolute Gasteiger partial charge is 0.450 e. The van der Waals surface area contributed by atoms with Crippen molar-refractivity contribution in [3.8, 4) is 0 Å². The molecule has 0 heterocycles. The molecule has 0 aliphatic carbocycles. The summed E-state index contributed by atoms with van der Waals surface area (Å²) in [7, 11) is 1.81. The number of benzene rings is 1. The zero-order valence-electron chi connectivity index (χ0n) is 7.90. The highest BCUT2D eigenvalue weighted by Gasteiger charge is 2.09.